The lowest BCUT2D eigenvalue weighted by Gasteiger charge is -2.21. The lowest BCUT2D eigenvalue weighted by Crippen LogP contribution is -2.23. The van der Waals surface area contributed by atoms with Crippen LogP contribution in [-0.2, 0) is 9.84 Å². The normalized spacial score (nSPS) is 17.3. The van der Waals surface area contributed by atoms with Crippen molar-refractivity contribution in [2.24, 2.45) is 0 Å². The Morgan fingerprint density at radius 2 is 1.46 bits per heavy atom. The third-order valence-electron chi connectivity index (χ3n) is 4.74. The van der Waals surface area contributed by atoms with E-state index in [2.05, 4.69) is 13.1 Å². The molecule has 0 fully saturated rings. The molecule has 0 amide bonds. The number of allylic oxidation sites excluding steroid dienone is 1. The molecule has 24 heavy (non-hydrogen) atoms. The molecule has 5 heteroatoms. The predicted octanol–water partition coefficient (Wildman–Crippen LogP) is 4.79. The van der Waals surface area contributed by atoms with Crippen LogP contribution in [-0.4, -0.2) is 22.7 Å². The second kappa shape index (κ2) is 5.97. The molecular formula is C19H21FO2SSi. The Morgan fingerprint density at radius 3 is 2.00 bits per heavy atom. The average molecular weight is 361 g/mol. The summed E-state index contributed by atoms with van der Waals surface area (Å²) in [6.45, 7) is 4.67. The average Bonchev–Trinajstić information content (AvgIpc) is 2.83. The van der Waals surface area contributed by atoms with Gasteiger partial charge in [-0.2, -0.15) is 0 Å². The summed E-state index contributed by atoms with van der Waals surface area (Å²) in [5.74, 6) is -0.226. The van der Waals surface area contributed by atoms with E-state index in [0.717, 1.165) is 23.6 Å². The van der Waals surface area contributed by atoms with Gasteiger partial charge in [0, 0.05) is 6.26 Å². The van der Waals surface area contributed by atoms with E-state index in [0.29, 0.717) is 4.90 Å². The fourth-order valence-corrected chi connectivity index (χ4v) is 7.26. The molecule has 0 aliphatic carbocycles. The number of hydrogen-bond acceptors (Lipinski definition) is 2. The first-order valence-corrected chi connectivity index (χ1v) is 13.1. The fraction of sp³-hybridized carbons (Fsp3) is 0.263. The first kappa shape index (κ1) is 17.1. The van der Waals surface area contributed by atoms with Crippen molar-refractivity contribution in [1.29, 1.82) is 0 Å². The maximum Gasteiger partial charge on any atom is 0.175 e. The Morgan fingerprint density at radius 1 is 0.917 bits per heavy atom. The van der Waals surface area contributed by atoms with Crippen LogP contribution in [0.3, 0.4) is 0 Å². The molecule has 0 bridgehead atoms. The van der Waals surface area contributed by atoms with Crippen LogP contribution in [0.25, 0.3) is 10.8 Å². The number of benzene rings is 2. The molecular weight excluding hydrogens is 339 g/mol. The third kappa shape index (κ3) is 3.23. The molecule has 2 aromatic carbocycles. The van der Waals surface area contributed by atoms with E-state index in [9.17, 15) is 12.8 Å². The van der Waals surface area contributed by atoms with Gasteiger partial charge >= 0.3 is 0 Å². The molecule has 1 heterocycles. The minimum atomic E-state index is -3.19. The van der Waals surface area contributed by atoms with Gasteiger partial charge in [0.2, 0.25) is 0 Å². The van der Waals surface area contributed by atoms with Crippen molar-refractivity contribution in [3.63, 3.8) is 0 Å². The van der Waals surface area contributed by atoms with Crippen LogP contribution < -0.4 is 0 Å². The van der Waals surface area contributed by atoms with Crippen LogP contribution in [0, 0.1) is 5.82 Å². The summed E-state index contributed by atoms with van der Waals surface area (Å²) in [6.07, 6.45) is 2.21. The zero-order chi connectivity index (χ0) is 17.5. The molecule has 0 spiro atoms. The minimum Gasteiger partial charge on any atom is -0.224 e. The summed E-state index contributed by atoms with van der Waals surface area (Å²) in [7, 11) is -4.77. The van der Waals surface area contributed by atoms with Gasteiger partial charge in [-0.05, 0) is 58.6 Å². The maximum atomic E-state index is 13.3. The highest BCUT2D eigenvalue weighted by Crippen LogP contribution is 2.45. The summed E-state index contributed by atoms with van der Waals surface area (Å²) in [6, 6.07) is 15.0. The van der Waals surface area contributed by atoms with E-state index in [1.54, 1.807) is 12.1 Å². The van der Waals surface area contributed by atoms with Gasteiger partial charge in [0.05, 0.1) is 13.0 Å². The molecule has 0 saturated heterocycles. The molecule has 3 rings (SSSR count). The van der Waals surface area contributed by atoms with E-state index in [-0.39, 0.29) is 5.82 Å². The molecule has 1 aliphatic rings. The molecule has 2 nitrogen and oxygen atoms in total. The van der Waals surface area contributed by atoms with Gasteiger partial charge in [0.15, 0.2) is 9.84 Å². The highest BCUT2D eigenvalue weighted by Gasteiger charge is 2.35. The quantitative estimate of drug-likeness (QED) is 0.738. The largest absolute Gasteiger partial charge is 0.224 e. The van der Waals surface area contributed by atoms with Gasteiger partial charge < -0.3 is 0 Å². The molecule has 2 aromatic rings. The molecule has 0 unspecified atom stereocenters. The topological polar surface area (TPSA) is 34.1 Å². The third-order valence-corrected chi connectivity index (χ3v) is 9.31. The van der Waals surface area contributed by atoms with Crippen LogP contribution in [0.4, 0.5) is 4.39 Å². The van der Waals surface area contributed by atoms with Crippen molar-refractivity contribution in [2.75, 3.05) is 6.26 Å². The minimum absolute atomic E-state index is 0.226. The summed E-state index contributed by atoms with van der Waals surface area (Å²) in [5, 5.41) is 1.36. The van der Waals surface area contributed by atoms with Crippen molar-refractivity contribution in [2.45, 2.75) is 30.5 Å². The highest BCUT2D eigenvalue weighted by atomic mass is 32.2. The first-order valence-electron chi connectivity index (χ1n) is 7.98. The molecule has 0 atom stereocenters. The van der Waals surface area contributed by atoms with Crippen molar-refractivity contribution in [1.82, 2.24) is 0 Å². The molecule has 126 valence electrons. The lowest BCUT2D eigenvalue weighted by atomic mass is 10.0. The summed E-state index contributed by atoms with van der Waals surface area (Å²) in [4.78, 5) is 0.338. The number of sulfone groups is 1. The number of halogens is 1. The van der Waals surface area contributed by atoms with Crippen molar-refractivity contribution >= 4 is 28.7 Å². The molecule has 0 aromatic heterocycles. The van der Waals surface area contributed by atoms with E-state index in [1.165, 1.54) is 29.2 Å². The summed E-state index contributed by atoms with van der Waals surface area (Å²) < 4.78 is 36.6. The van der Waals surface area contributed by atoms with Crippen molar-refractivity contribution in [3.05, 3.63) is 65.5 Å². The van der Waals surface area contributed by atoms with Crippen LogP contribution in [0.2, 0.25) is 19.1 Å². The van der Waals surface area contributed by atoms with E-state index >= 15 is 0 Å². The van der Waals surface area contributed by atoms with Crippen LogP contribution >= 0.6 is 0 Å². The molecule has 0 radical (unpaired) electrons. The first-order chi connectivity index (χ1) is 11.2. The van der Waals surface area contributed by atoms with Crippen LogP contribution in [0.1, 0.15) is 17.5 Å². The van der Waals surface area contributed by atoms with Gasteiger partial charge in [0.1, 0.15) is 5.82 Å². The summed E-state index contributed by atoms with van der Waals surface area (Å²) >= 11 is 0. The summed E-state index contributed by atoms with van der Waals surface area (Å²) in [5.41, 5.74) is 3.44. The van der Waals surface area contributed by atoms with E-state index < -0.39 is 17.9 Å². The SMILES string of the molecule is C[Si]1(C)CCC(c2ccc(S(C)(=O)=O)cc2)=C1c1ccc(F)cc1. The second-order valence-electron chi connectivity index (χ2n) is 7.04. The van der Waals surface area contributed by atoms with Gasteiger partial charge in [-0.3, -0.25) is 0 Å². The van der Waals surface area contributed by atoms with Crippen molar-refractivity contribution < 1.29 is 12.8 Å². The predicted molar refractivity (Wildman–Crippen MR) is 99.7 cm³/mol. The van der Waals surface area contributed by atoms with Gasteiger partial charge in [0.25, 0.3) is 0 Å². The van der Waals surface area contributed by atoms with Gasteiger partial charge in [-0.1, -0.05) is 37.4 Å². The maximum absolute atomic E-state index is 13.3. The van der Waals surface area contributed by atoms with E-state index in [4.69, 9.17) is 0 Å². The highest BCUT2D eigenvalue weighted by molar-refractivity contribution is 7.90. The number of hydrogen-bond donors (Lipinski definition) is 0. The Balaban J connectivity index is 2.12. The monoisotopic (exact) mass is 360 g/mol. The molecule has 0 saturated carbocycles. The molecule has 0 N–H and O–H groups in total. The van der Waals surface area contributed by atoms with E-state index in [1.807, 2.05) is 24.3 Å². The standard InChI is InChI=1S/C19H21FO2SSi/c1-23(21,22)17-10-6-14(7-11-17)18-12-13-24(2,3)19(18)15-4-8-16(20)9-5-15/h4-11H,12-13H2,1-3H3. The van der Waals surface area contributed by atoms with Gasteiger partial charge in [-0.15, -0.1) is 0 Å². The zero-order valence-corrected chi connectivity index (χ0v) is 16.0. The fourth-order valence-electron chi connectivity index (χ4n) is 3.47. The van der Waals surface area contributed by atoms with Crippen molar-refractivity contribution in [3.8, 4) is 0 Å². The van der Waals surface area contributed by atoms with Gasteiger partial charge in [-0.25, -0.2) is 12.8 Å². The second-order valence-corrected chi connectivity index (χ2v) is 13.8. The smallest absolute Gasteiger partial charge is 0.175 e. The Bertz CT molecular complexity index is 895. The Kier molecular flexibility index (Phi) is 4.26. The molecule has 1 aliphatic heterocycles. The zero-order valence-electron chi connectivity index (χ0n) is 14.1. The lowest BCUT2D eigenvalue weighted by molar-refractivity contribution is 0.602. The Hall–Kier alpha value is -1.72. The number of rotatable bonds is 3. The van der Waals surface area contributed by atoms with Crippen LogP contribution in [0.15, 0.2) is 53.4 Å². The van der Waals surface area contributed by atoms with Crippen LogP contribution in [0.5, 0.6) is 0 Å². The Labute approximate surface area is 144 Å².